The molecule has 3 aromatic rings. The lowest BCUT2D eigenvalue weighted by Gasteiger charge is -2.27. The number of benzene rings is 2. The van der Waals surface area contributed by atoms with Gasteiger partial charge in [-0.05, 0) is 36.8 Å². The molecule has 5 nitrogen and oxygen atoms in total. The molecule has 0 fully saturated rings. The molecule has 2 aliphatic rings. The fraction of sp³-hybridized carbons (Fsp3) is 0.190. The normalized spacial score (nSPS) is 18.2. The van der Waals surface area contributed by atoms with Crippen LogP contribution in [-0.4, -0.2) is 24.7 Å². The molecule has 0 amide bonds. The number of rotatable bonds is 2. The fourth-order valence-corrected chi connectivity index (χ4v) is 4.01. The van der Waals surface area contributed by atoms with Crippen molar-refractivity contribution in [3.8, 4) is 5.75 Å². The van der Waals surface area contributed by atoms with Crippen LogP contribution in [0.5, 0.6) is 5.75 Å². The third-order valence-electron chi connectivity index (χ3n) is 5.22. The summed E-state index contributed by atoms with van der Waals surface area (Å²) in [4.78, 5) is 15.7. The molecule has 6 heteroatoms. The second-order valence-corrected chi connectivity index (χ2v) is 6.89. The molecule has 3 heterocycles. The number of nitrogens with one attached hydrogen (secondary N) is 2. The van der Waals surface area contributed by atoms with Gasteiger partial charge in [-0.3, -0.25) is 0 Å². The van der Waals surface area contributed by atoms with Gasteiger partial charge in [-0.15, -0.1) is 0 Å². The lowest BCUT2D eigenvalue weighted by atomic mass is 9.80. The van der Waals surface area contributed by atoms with Gasteiger partial charge in [0.2, 0.25) is 0 Å². The van der Waals surface area contributed by atoms with Gasteiger partial charge in [0.05, 0.1) is 18.4 Å². The molecule has 2 aromatic carbocycles. The van der Waals surface area contributed by atoms with Crippen LogP contribution in [0.1, 0.15) is 22.7 Å². The first-order valence-corrected chi connectivity index (χ1v) is 8.69. The van der Waals surface area contributed by atoms with Gasteiger partial charge in [-0.1, -0.05) is 6.07 Å². The predicted molar refractivity (Wildman–Crippen MR) is 99.4 cm³/mol. The van der Waals surface area contributed by atoms with Gasteiger partial charge < -0.3 is 19.8 Å². The molecular formula is C21H17FN2O3. The van der Waals surface area contributed by atoms with Crippen molar-refractivity contribution < 1.29 is 18.7 Å². The number of halogens is 1. The van der Waals surface area contributed by atoms with Crippen molar-refractivity contribution in [3.63, 3.8) is 0 Å². The first kappa shape index (κ1) is 15.9. The van der Waals surface area contributed by atoms with Gasteiger partial charge in [0, 0.05) is 39.8 Å². The average Bonchev–Trinajstić information content (AvgIpc) is 3.19. The topological polar surface area (TPSA) is 63.4 Å². The SMILES string of the molecule is COc1ccc([C@@H]2C3=C(COC3=O)Nc3cc4cc(C)[nH]c4cc32)c(F)c1. The Morgan fingerprint density at radius 2 is 2.04 bits per heavy atom. The highest BCUT2D eigenvalue weighted by Gasteiger charge is 2.39. The smallest absolute Gasteiger partial charge is 0.337 e. The quantitative estimate of drug-likeness (QED) is 0.675. The summed E-state index contributed by atoms with van der Waals surface area (Å²) in [5.41, 5.74) is 5.27. The van der Waals surface area contributed by atoms with Crippen molar-refractivity contribution in [1.29, 1.82) is 0 Å². The third-order valence-corrected chi connectivity index (χ3v) is 5.22. The number of aromatic amines is 1. The number of cyclic esters (lactones) is 1. The Morgan fingerprint density at radius 3 is 2.81 bits per heavy atom. The van der Waals surface area contributed by atoms with E-state index in [1.807, 2.05) is 19.1 Å². The van der Waals surface area contributed by atoms with Crippen LogP contribution in [0.3, 0.4) is 0 Å². The van der Waals surface area contributed by atoms with Crippen molar-refractivity contribution in [2.24, 2.45) is 0 Å². The van der Waals surface area contributed by atoms with Gasteiger partial charge in [0.25, 0.3) is 0 Å². The minimum Gasteiger partial charge on any atom is -0.497 e. The summed E-state index contributed by atoms with van der Waals surface area (Å²) < 4.78 is 25.3. The molecular weight excluding hydrogens is 347 g/mol. The van der Waals surface area contributed by atoms with Crippen LogP contribution in [0.2, 0.25) is 0 Å². The first-order valence-electron chi connectivity index (χ1n) is 8.69. The number of aryl methyl sites for hydroxylation is 1. The van der Waals surface area contributed by atoms with Gasteiger partial charge >= 0.3 is 5.97 Å². The number of esters is 1. The number of aromatic nitrogens is 1. The van der Waals surface area contributed by atoms with E-state index in [4.69, 9.17) is 9.47 Å². The molecule has 0 bridgehead atoms. The number of hydrogen-bond donors (Lipinski definition) is 2. The third kappa shape index (κ3) is 2.33. The summed E-state index contributed by atoms with van der Waals surface area (Å²) in [7, 11) is 1.49. The van der Waals surface area contributed by atoms with E-state index in [-0.39, 0.29) is 6.61 Å². The van der Waals surface area contributed by atoms with Crippen molar-refractivity contribution >= 4 is 22.6 Å². The molecule has 5 rings (SSSR count). The maximum absolute atomic E-state index is 14.9. The Morgan fingerprint density at radius 1 is 1.19 bits per heavy atom. The molecule has 0 saturated carbocycles. The van der Waals surface area contributed by atoms with E-state index in [0.717, 1.165) is 27.8 Å². The van der Waals surface area contributed by atoms with E-state index in [9.17, 15) is 9.18 Å². The Hall–Kier alpha value is -3.28. The summed E-state index contributed by atoms with van der Waals surface area (Å²) in [6.45, 7) is 2.16. The van der Waals surface area contributed by atoms with E-state index >= 15 is 0 Å². The van der Waals surface area contributed by atoms with Gasteiger partial charge in [-0.25, -0.2) is 9.18 Å². The molecule has 1 aromatic heterocycles. The van der Waals surface area contributed by atoms with Crippen LogP contribution in [0.25, 0.3) is 10.9 Å². The molecule has 27 heavy (non-hydrogen) atoms. The van der Waals surface area contributed by atoms with E-state index in [1.165, 1.54) is 13.2 Å². The van der Waals surface area contributed by atoms with Crippen LogP contribution in [0, 0.1) is 12.7 Å². The molecule has 2 aliphatic heterocycles. The lowest BCUT2D eigenvalue weighted by molar-refractivity contribution is -0.136. The number of H-pyrrole nitrogens is 1. The largest absolute Gasteiger partial charge is 0.497 e. The number of ether oxygens (including phenoxy) is 2. The van der Waals surface area contributed by atoms with Crippen LogP contribution >= 0.6 is 0 Å². The minimum absolute atomic E-state index is 0.173. The van der Waals surface area contributed by atoms with Crippen LogP contribution in [0.15, 0.2) is 47.7 Å². The fourth-order valence-electron chi connectivity index (χ4n) is 4.01. The number of hydrogen-bond acceptors (Lipinski definition) is 4. The van der Waals surface area contributed by atoms with Crippen LogP contribution < -0.4 is 10.1 Å². The second kappa shape index (κ2) is 5.61. The maximum atomic E-state index is 14.9. The average molecular weight is 364 g/mol. The lowest BCUT2D eigenvalue weighted by Crippen LogP contribution is -2.20. The monoisotopic (exact) mass is 364 g/mol. The van der Waals surface area contributed by atoms with Crippen molar-refractivity contribution in [2.45, 2.75) is 12.8 Å². The van der Waals surface area contributed by atoms with E-state index in [1.54, 1.807) is 12.1 Å². The highest BCUT2D eigenvalue weighted by molar-refractivity contribution is 5.98. The van der Waals surface area contributed by atoms with E-state index in [2.05, 4.69) is 16.4 Å². The summed E-state index contributed by atoms with van der Waals surface area (Å²) in [5.74, 6) is -0.929. The van der Waals surface area contributed by atoms with Gasteiger partial charge in [-0.2, -0.15) is 0 Å². The highest BCUT2D eigenvalue weighted by atomic mass is 19.1. The van der Waals surface area contributed by atoms with Gasteiger partial charge in [0.1, 0.15) is 18.2 Å². The number of carbonyl (C=O) groups excluding carboxylic acids is 1. The summed E-state index contributed by atoms with van der Waals surface area (Å²) in [5, 5.41) is 4.36. The maximum Gasteiger partial charge on any atom is 0.337 e. The van der Waals surface area contributed by atoms with Gasteiger partial charge in [0.15, 0.2) is 0 Å². The Kier molecular flexibility index (Phi) is 3.31. The van der Waals surface area contributed by atoms with E-state index < -0.39 is 17.7 Å². The van der Waals surface area contributed by atoms with Crippen molar-refractivity contribution in [2.75, 3.05) is 19.0 Å². The Balaban J connectivity index is 1.77. The number of carbonyl (C=O) groups is 1. The Bertz CT molecular complexity index is 1150. The molecule has 0 unspecified atom stereocenters. The Labute approximate surface area is 154 Å². The molecule has 0 spiro atoms. The van der Waals surface area contributed by atoms with Crippen LogP contribution in [-0.2, 0) is 9.53 Å². The molecule has 2 N–H and O–H groups in total. The summed E-state index contributed by atoms with van der Waals surface area (Å²) in [6.07, 6.45) is 0. The zero-order valence-corrected chi connectivity index (χ0v) is 14.9. The highest BCUT2D eigenvalue weighted by Crippen LogP contribution is 2.46. The number of anilines is 1. The zero-order chi connectivity index (χ0) is 18.7. The van der Waals surface area contributed by atoms with Crippen molar-refractivity contribution in [1.82, 2.24) is 4.98 Å². The molecule has 0 radical (unpaired) electrons. The predicted octanol–water partition coefficient (Wildman–Crippen LogP) is 3.99. The molecule has 1 atom stereocenters. The molecule has 136 valence electrons. The second-order valence-electron chi connectivity index (χ2n) is 6.89. The number of methoxy groups -OCH3 is 1. The molecule has 0 aliphatic carbocycles. The zero-order valence-electron chi connectivity index (χ0n) is 14.9. The standard InChI is InChI=1S/C21H17FN2O3/c1-10-5-11-6-17-14(8-16(11)23-10)19(20-18(24-17)9-27-21(20)25)13-4-3-12(26-2)7-15(13)22/h3-8,19,23-24H,9H2,1-2H3/t19-/m0/s1. The molecule has 0 saturated heterocycles. The first-order chi connectivity index (χ1) is 13.0. The number of fused-ring (bicyclic) bond motifs is 2. The minimum atomic E-state index is -0.537. The summed E-state index contributed by atoms with van der Waals surface area (Å²) in [6, 6.07) is 10.8. The van der Waals surface area contributed by atoms with Crippen LogP contribution in [0.4, 0.5) is 10.1 Å². The van der Waals surface area contributed by atoms with Crippen molar-refractivity contribution in [3.05, 3.63) is 70.3 Å². The summed E-state index contributed by atoms with van der Waals surface area (Å²) >= 11 is 0. The van der Waals surface area contributed by atoms with E-state index in [0.29, 0.717) is 22.6 Å².